The Morgan fingerprint density at radius 1 is 0.533 bits per heavy atom. The largest absolute Gasteiger partial charge is 0.488 e. The fraction of sp³-hybridized carbons (Fsp3) is 0.0714. The molecule has 0 bridgehead atoms. The van der Waals surface area contributed by atoms with Crippen LogP contribution in [0.5, 0.6) is 11.5 Å². The molecule has 0 unspecified atom stereocenters. The summed E-state index contributed by atoms with van der Waals surface area (Å²) in [5.74, 6) is 1.70. The number of hydrogen-bond acceptors (Lipinski definition) is 2. The van der Waals surface area contributed by atoms with Gasteiger partial charge in [0, 0.05) is 10.8 Å². The third-order valence-electron chi connectivity index (χ3n) is 5.06. The van der Waals surface area contributed by atoms with Crippen molar-refractivity contribution in [3.63, 3.8) is 0 Å². The van der Waals surface area contributed by atoms with E-state index in [1.807, 2.05) is 60.7 Å². The van der Waals surface area contributed by atoms with Crippen molar-refractivity contribution >= 4 is 22.9 Å². The van der Waals surface area contributed by atoms with Crippen molar-refractivity contribution in [2.24, 2.45) is 0 Å². The van der Waals surface area contributed by atoms with Crippen molar-refractivity contribution in [1.82, 2.24) is 0 Å². The van der Waals surface area contributed by atoms with Crippen LogP contribution in [0.3, 0.4) is 0 Å². The van der Waals surface area contributed by atoms with Crippen LogP contribution >= 0.6 is 0 Å². The highest BCUT2D eigenvalue weighted by Gasteiger charge is 2.08. The number of benzene rings is 4. The fourth-order valence-electron chi connectivity index (χ4n) is 3.32. The summed E-state index contributed by atoms with van der Waals surface area (Å²) in [6.07, 6.45) is 3.68. The maximum atomic E-state index is 6.13. The molecule has 0 saturated carbocycles. The molecule has 2 nitrogen and oxygen atoms in total. The highest BCUT2D eigenvalue weighted by atomic mass is 16.5. The lowest BCUT2D eigenvalue weighted by molar-refractivity contribution is 0.303. The summed E-state index contributed by atoms with van der Waals surface area (Å²) in [5, 5.41) is 2.08. The first-order valence-electron chi connectivity index (χ1n) is 9.97. The zero-order chi connectivity index (χ0) is 20.8. The summed E-state index contributed by atoms with van der Waals surface area (Å²) in [6, 6.07) is 28.6. The Labute approximate surface area is 177 Å². The SMILES string of the molecule is C=Cc1ccc(COc2ccc(OCc3ccc(C=C)cc3)c3ccccc23)cc1. The standard InChI is InChI=1S/C28H24O2/c1-3-21-9-13-23(14-10-21)19-29-27-17-18-28(26-8-6-5-7-25(26)27)30-20-24-15-11-22(4-2)12-16-24/h3-18H,1-2,19-20H2. The number of hydrogen-bond donors (Lipinski definition) is 0. The van der Waals surface area contributed by atoms with Crippen molar-refractivity contribution in [1.29, 1.82) is 0 Å². The van der Waals surface area contributed by atoms with Crippen molar-refractivity contribution < 1.29 is 9.47 Å². The molecule has 0 spiro atoms. The lowest BCUT2D eigenvalue weighted by Gasteiger charge is -2.14. The van der Waals surface area contributed by atoms with Crippen LogP contribution in [0.15, 0.2) is 98.1 Å². The van der Waals surface area contributed by atoms with Gasteiger partial charge in [-0.25, -0.2) is 0 Å². The molecule has 2 heteroatoms. The summed E-state index contributed by atoms with van der Waals surface area (Å²) in [6.45, 7) is 8.61. The van der Waals surface area contributed by atoms with Crippen molar-refractivity contribution in [2.45, 2.75) is 13.2 Å². The van der Waals surface area contributed by atoms with Crippen LogP contribution in [0.2, 0.25) is 0 Å². The molecule has 0 aliphatic carbocycles. The maximum absolute atomic E-state index is 6.13. The van der Waals surface area contributed by atoms with Crippen LogP contribution in [0.1, 0.15) is 22.3 Å². The summed E-state index contributed by atoms with van der Waals surface area (Å²) in [4.78, 5) is 0. The van der Waals surface area contributed by atoms with Crippen molar-refractivity contribution in [3.8, 4) is 11.5 Å². The van der Waals surface area contributed by atoms with Gasteiger partial charge >= 0.3 is 0 Å². The van der Waals surface area contributed by atoms with Gasteiger partial charge in [0.25, 0.3) is 0 Å². The minimum absolute atomic E-state index is 0.511. The third-order valence-corrected chi connectivity index (χ3v) is 5.06. The van der Waals surface area contributed by atoms with Crippen LogP contribution in [-0.2, 0) is 13.2 Å². The molecule has 148 valence electrons. The summed E-state index contributed by atoms with van der Waals surface area (Å²) in [5.41, 5.74) is 4.44. The number of ether oxygens (including phenoxy) is 2. The second-order valence-corrected chi connectivity index (χ2v) is 7.08. The molecule has 4 aromatic rings. The van der Waals surface area contributed by atoms with E-state index in [1.54, 1.807) is 0 Å². The number of fused-ring (bicyclic) bond motifs is 1. The molecule has 4 aromatic carbocycles. The Morgan fingerprint density at radius 2 is 0.933 bits per heavy atom. The van der Waals surface area contributed by atoms with E-state index in [9.17, 15) is 0 Å². The van der Waals surface area contributed by atoms with Gasteiger partial charge in [0.1, 0.15) is 24.7 Å². The highest BCUT2D eigenvalue weighted by Crippen LogP contribution is 2.34. The molecular formula is C28H24O2. The van der Waals surface area contributed by atoms with Gasteiger partial charge in [0.05, 0.1) is 0 Å². The Hall–Kier alpha value is -3.78. The third kappa shape index (κ3) is 4.44. The number of rotatable bonds is 8. The average Bonchev–Trinajstić information content (AvgIpc) is 2.82. The van der Waals surface area contributed by atoms with Gasteiger partial charge in [-0.2, -0.15) is 0 Å². The minimum Gasteiger partial charge on any atom is -0.488 e. The van der Waals surface area contributed by atoms with Crippen molar-refractivity contribution in [3.05, 3.63) is 120 Å². The van der Waals surface area contributed by atoms with E-state index in [1.165, 1.54) is 0 Å². The zero-order valence-corrected chi connectivity index (χ0v) is 16.9. The van der Waals surface area contributed by atoms with Crippen LogP contribution < -0.4 is 9.47 Å². The maximum Gasteiger partial charge on any atom is 0.127 e. The van der Waals surface area contributed by atoms with E-state index in [4.69, 9.17) is 9.47 Å². The van der Waals surface area contributed by atoms with Gasteiger partial charge in [0.2, 0.25) is 0 Å². The minimum atomic E-state index is 0.511. The quantitative estimate of drug-likeness (QED) is 0.313. The van der Waals surface area contributed by atoms with Crippen molar-refractivity contribution in [2.75, 3.05) is 0 Å². The molecule has 0 saturated heterocycles. The van der Waals surface area contributed by atoms with Crippen LogP contribution in [0.4, 0.5) is 0 Å². The lowest BCUT2D eigenvalue weighted by Crippen LogP contribution is -1.99. The molecule has 30 heavy (non-hydrogen) atoms. The van der Waals surface area contributed by atoms with E-state index >= 15 is 0 Å². The lowest BCUT2D eigenvalue weighted by atomic mass is 10.1. The normalized spacial score (nSPS) is 10.5. The predicted molar refractivity (Wildman–Crippen MR) is 126 cm³/mol. The van der Waals surface area contributed by atoms with Gasteiger partial charge in [-0.05, 0) is 34.4 Å². The van der Waals surface area contributed by atoms with Crippen LogP contribution in [-0.4, -0.2) is 0 Å². The molecule has 0 aromatic heterocycles. The van der Waals surface area contributed by atoms with E-state index in [2.05, 4.69) is 49.6 Å². The first-order chi connectivity index (χ1) is 14.8. The van der Waals surface area contributed by atoms with E-state index < -0.39 is 0 Å². The fourth-order valence-corrected chi connectivity index (χ4v) is 3.32. The summed E-state index contributed by atoms with van der Waals surface area (Å²) >= 11 is 0. The molecule has 0 heterocycles. The first-order valence-corrected chi connectivity index (χ1v) is 9.97. The van der Waals surface area contributed by atoms with Crippen LogP contribution in [0.25, 0.3) is 22.9 Å². The van der Waals surface area contributed by atoms with Gasteiger partial charge in [-0.15, -0.1) is 0 Å². The molecular weight excluding hydrogens is 368 g/mol. The van der Waals surface area contributed by atoms with E-state index in [-0.39, 0.29) is 0 Å². The average molecular weight is 392 g/mol. The Balaban J connectivity index is 1.51. The molecule has 0 fully saturated rings. The second kappa shape index (κ2) is 9.15. The van der Waals surface area contributed by atoms with Crippen LogP contribution in [0, 0.1) is 0 Å². The zero-order valence-electron chi connectivity index (χ0n) is 16.9. The predicted octanol–water partition coefficient (Wildman–Crippen LogP) is 7.28. The molecule has 0 radical (unpaired) electrons. The second-order valence-electron chi connectivity index (χ2n) is 7.08. The van der Waals surface area contributed by atoms with Gasteiger partial charge < -0.3 is 9.47 Å². The molecule has 0 N–H and O–H groups in total. The monoisotopic (exact) mass is 392 g/mol. The Morgan fingerprint density at radius 3 is 1.30 bits per heavy atom. The molecule has 0 atom stereocenters. The molecule has 0 aliphatic rings. The topological polar surface area (TPSA) is 18.5 Å². The molecule has 0 aliphatic heterocycles. The first kappa shape index (κ1) is 19.5. The van der Waals surface area contributed by atoms with Gasteiger partial charge in [-0.1, -0.05) is 98.1 Å². The van der Waals surface area contributed by atoms with E-state index in [0.29, 0.717) is 13.2 Å². The Bertz CT molecular complexity index is 1060. The summed E-state index contributed by atoms with van der Waals surface area (Å²) in [7, 11) is 0. The van der Waals surface area contributed by atoms with E-state index in [0.717, 1.165) is 44.5 Å². The summed E-state index contributed by atoms with van der Waals surface area (Å²) < 4.78 is 12.3. The highest BCUT2D eigenvalue weighted by molar-refractivity contribution is 5.93. The molecule has 0 amide bonds. The molecule has 4 rings (SSSR count). The smallest absolute Gasteiger partial charge is 0.127 e. The van der Waals surface area contributed by atoms with Gasteiger partial charge in [-0.3, -0.25) is 0 Å². The Kier molecular flexibility index (Phi) is 5.95. The van der Waals surface area contributed by atoms with Gasteiger partial charge in [0.15, 0.2) is 0 Å².